The van der Waals surface area contributed by atoms with Gasteiger partial charge in [-0.25, -0.2) is 5.48 Å². The summed E-state index contributed by atoms with van der Waals surface area (Å²) in [4.78, 5) is 41.5. The van der Waals surface area contributed by atoms with Crippen molar-refractivity contribution in [3.05, 3.63) is 48.0 Å². The van der Waals surface area contributed by atoms with Gasteiger partial charge in [-0.3, -0.25) is 19.2 Å². The fourth-order valence-electron chi connectivity index (χ4n) is 2.71. The second-order valence-corrected chi connectivity index (χ2v) is 8.14. The number of amides is 3. The maximum absolute atomic E-state index is 12.4. The molecule has 8 nitrogen and oxygen atoms in total. The zero-order valence-electron chi connectivity index (χ0n) is 17.8. The summed E-state index contributed by atoms with van der Waals surface area (Å²) >= 11 is 0. The summed E-state index contributed by atoms with van der Waals surface area (Å²) in [6, 6.07) is 11.9. The molecule has 0 saturated carbocycles. The van der Waals surface area contributed by atoms with Gasteiger partial charge in [0.05, 0.1) is 18.1 Å². The van der Waals surface area contributed by atoms with Gasteiger partial charge in [0, 0.05) is 6.54 Å². The molecule has 0 fully saturated rings. The lowest BCUT2D eigenvalue weighted by molar-refractivity contribution is -0.147. The van der Waals surface area contributed by atoms with Gasteiger partial charge in [0.25, 0.3) is 0 Å². The normalized spacial score (nSPS) is 13.4. The van der Waals surface area contributed by atoms with Crippen LogP contribution < -0.4 is 21.8 Å². The third-order valence-corrected chi connectivity index (χ3v) is 4.30. The van der Waals surface area contributed by atoms with Crippen LogP contribution in [-0.4, -0.2) is 35.4 Å². The summed E-state index contributed by atoms with van der Waals surface area (Å²) in [6.45, 7) is 7.22. The molecular formula is C22H30N4O4. The Hall–Kier alpha value is -2.97. The van der Waals surface area contributed by atoms with Crippen molar-refractivity contribution in [1.29, 1.82) is 0 Å². The lowest BCUT2D eigenvalue weighted by Crippen LogP contribution is -2.51. The molecular weight excluding hydrogens is 384 g/mol. The number of benzene rings is 2. The van der Waals surface area contributed by atoms with Gasteiger partial charge >= 0.3 is 0 Å². The van der Waals surface area contributed by atoms with E-state index in [0.29, 0.717) is 6.54 Å². The van der Waals surface area contributed by atoms with Crippen molar-refractivity contribution in [2.45, 2.75) is 58.3 Å². The van der Waals surface area contributed by atoms with Gasteiger partial charge in [0.1, 0.15) is 6.04 Å². The average Bonchev–Trinajstić information content (AvgIpc) is 2.69. The van der Waals surface area contributed by atoms with Crippen LogP contribution in [-0.2, 0) is 25.8 Å². The third kappa shape index (κ3) is 7.13. The van der Waals surface area contributed by atoms with Crippen LogP contribution in [0.15, 0.2) is 42.5 Å². The number of rotatable bonds is 8. The smallest absolute Gasteiger partial charge is 0.245 e. The Bertz CT molecular complexity index is 902. The van der Waals surface area contributed by atoms with E-state index in [0.717, 1.165) is 16.3 Å². The second kappa shape index (κ2) is 10.2. The molecule has 0 spiro atoms. The van der Waals surface area contributed by atoms with Crippen LogP contribution in [0.2, 0.25) is 0 Å². The SMILES string of the molecule is C[C@H](NC(=O)[C@@H](N)CC(=O)NOC(C)(C)C)C(=O)NCc1cccc2ccccc12. The Morgan fingerprint density at radius 3 is 2.40 bits per heavy atom. The molecule has 0 radical (unpaired) electrons. The molecule has 2 rings (SSSR count). The standard InChI is InChI=1S/C22H30N4O4/c1-14(25-21(29)18(23)12-19(27)26-30-22(2,3)4)20(28)24-13-16-10-7-9-15-8-5-6-11-17(15)16/h5-11,14,18H,12-13,23H2,1-4H3,(H,24,28)(H,25,29)(H,26,27)/t14-,18-/m0/s1. The zero-order chi connectivity index (χ0) is 22.3. The molecule has 0 unspecified atom stereocenters. The Kier molecular flexibility index (Phi) is 7.91. The molecule has 3 amide bonds. The van der Waals surface area contributed by atoms with E-state index in [9.17, 15) is 14.4 Å². The van der Waals surface area contributed by atoms with E-state index in [4.69, 9.17) is 10.6 Å². The van der Waals surface area contributed by atoms with Crippen LogP contribution in [0.1, 0.15) is 39.7 Å². The van der Waals surface area contributed by atoms with Crippen molar-refractivity contribution in [3.63, 3.8) is 0 Å². The molecule has 162 valence electrons. The number of hydrogen-bond acceptors (Lipinski definition) is 5. The molecule has 2 aromatic rings. The maximum Gasteiger partial charge on any atom is 0.245 e. The lowest BCUT2D eigenvalue weighted by atomic mass is 10.0. The third-order valence-electron chi connectivity index (χ3n) is 4.30. The predicted octanol–water partition coefficient (Wildman–Crippen LogP) is 1.52. The largest absolute Gasteiger partial charge is 0.350 e. The highest BCUT2D eigenvalue weighted by atomic mass is 16.7. The first kappa shape index (κ1) is 23.3. The highest BCUT2D eigenvalue weighted by molar-refractivity contribution is 5.92. The zero-order valence-corrected chi connectivity index (χ0v) is 17.8. The van der Waals surface area contributed by atoms with Gasteiger partial charge in [-0.2, -0.15) is 0 Å². The average molecular weight is 415 g/mol. The van der Waals surface area contributed by atoms with Gasteiger partial charge in [0.15, 0.2) is 0 Å². The predicted molar refractivity (Wildman–Crippen MR) is 115 cm³/mol. The van der Waals surface area contributed by atoms with Gasteiger partial charge < -0.3 is 16.4 Å². The summed E-state index contributed by atoms with van der Waals surface area (Å²) in [5, 5.41) is 7.50. The van der Waals surface area contributed by atoms with Crippen molar-refractivity contribution < 1.29 is 19.2 Å². The van der Waals surface area contributed by atoms with E-state index in [1.165, 1.54) is 0 Å². The molecule has 0 aliphatic rings. The first-order valence-corrected chi connectivity index (χ1v) is 9.84. The minimum atomic E-state index is -1.10. The molecule has 0 heterocycles. The molecule has 5 N–H and O–H groups in total. The minimum absolute atomic E-state index is 0.258. The van der Waals surface area contributed by atoms with E-state index in [1.54, 1.807) is 27.7 Å². The molecule has 8 heteroatoms. The summed E-state index contributed by atoms with van der Waals surface area (Å²) in [5.74, 6) is -1.45. The van der Waals surface area contributed by atoms with Gasteiger partial charge in [-0.15, -0.1) is 0 Å². The Morgan fingerprint density at radius 1 is 1.03 bits per heavy atom. The maximum atomic E-state index is 12.4. The molecule has 0 aliphatic heterocycles. The van der Waals surface area contributed by atoms with Crippen molar-refractivity contribution in [2.24, 2.45) is 5.73 Å². The molecule has 2 atom stereocenters. The highest BCUT2D eigenvalue weighted by Gasteiger charge is 2.23. The number of hydrogen-bond donors (Lipinski definition) is 4. The van der Waals surface area contributed by atoms with Crippen molar-refractivity contribution in [2.75, 3.05) is 0 Å². The van der Waals surface area contributed by atoms with E-state index < -0.39 is 29.5 Å². The van der Waals surface area contributed by atoms with E-state index >= 15 is 0 Å². The van der Waals surface area contributed by atoms with Crippen LogP contribution in [0, 0.1) is 0 Å². The summed E-state index contributed by atoms with van der Waals surface area (Å²) < 4.78 is 0. The fraction of sp³-hybridized carbons (Fsp3) is 0.409. The molecule has 0 bridgehead atoms. The van der Waals surface area contributed by atoms with Crippen LogP contribution in [0.5, 0.6) is 0 Å². The van der Waals surface area contributed by atoms with E-state index in [1.807, 2.05) is 42.5 Å². The Balaban J connectivity index is 1.83. The number of nitrogens with one attached hydrogen (secondary N) is 3. The monoisotopic (exact) mass is 414 g/mol. The van der Waals surface area contributed by atoms with Gasteiger partial charge in [-0.1, -0.05) is 42.5 Å². The first-order valence-electron chi connectivity index (χ1n) is 9.84. The lowest BCUT2D eigenvalue weighted by Gasteiger charge is -2.20. The van der Waals surface area contributed by atoms with Crippen molar-refractivity contribution in [3.8, 4) is 0 Å². The molecule has 30 heavy (non-hydrogen) atoms. The Morgan fingerprint density at radius 2 is 1.70 bits per heavy atom. The van der Waals surface area contributed by atoms with Crippen LogP contribution >= 0.6 is 0 Å². The summed E-state index contributed by atoms with van der Waals surface area (Å²) in [6.07, 6.45) is -0.258. The van der Waals surface area contributed by atoms with Crippen LogP contribution in [0.4, 0.5) is 0 Å². The number of nitrogens with two attached hydrogens (primary N) is 1. The molecule has 0 saturated heterocycles. The van der Waals surface area contributed by atoms with Gasteiger partial charge in [-0.05, 0) is 44.0 Å². The first-order chi connectivity index (χ1) is 14.1. The quantitative estimate of drug-likeness (QED) is 0.488. The van der Waals surface area contributed by atoms with Crippen molar-refractivity contribution in [1.82, 2.24) is 16.1 Å². The van der Waals surface area contributed by atoms with Crippen LogP contribution in [0.3, 0.4) is 0 Å². The number of carbonyl (C=O) groups is 3. The number of fused-ring (bicyclic) bond motifs is 1. The highest BCUT2D eigenvalue weighted by Crippen LogP contribution is 2.18. The van der Waals surface area contributed by atoms with E-state index in [-0.39, 0.29) is 12.3 Å². The molecule has 0 aromatic heterocycles. The van der Waals surface area contributed by atoms with E-state index in [2.05, 4.69) is 16.1 Å². The topological polar surface area (TPSA) is 123 Å². The second-order valence-electron chi connectivity index (χ2n) is 8.14. The molecule has 0 aliphatic carbocycles. The number of hydroxylamine groups is 1. The molecule has 2 aromatic carbocycles. The van der Waals surface area contributed by atoms with Crippen LogP contribution in [0.25, 0.3) is 10.8 Å². The summed E-state index contributed by atoms with van der Waals surface area (Å²) in [5.41, 5.74) is 8.45. The fourth-order valence-corrected chi connectivity index (χ4v) is 2.71. The minimum Gasteiger partial charge on any atom is -0.350 e. The summed E-state index contributed by atoms with van der Waals surface area (Å²) in [7, 11) is 0. The Labute approximate surface area is 176 Å². The van der Waals surface area contributed by atoms with Gasteiger partial charge in [0.2, 0.25) is 17.7 Å². The van der Waals surface area contributed by atoms with Crippen molar-refractivity contribution >= 4 is 28.5 Å². The number of carbonyl (C=O) groups excluding carboxylic acids is 3.